The summed E-state index contributed by atoms with van der Waals surface area (Å²) >= 11 is 0. The molecule has 1 heterocycles. The molecule has 1 unspecified atom stereocenters. The third kappa shape index (κ3) is 1.83. The van der Waals surface area contributed by atoms with Crippen LogP contribution in [0.2, 0.25) is 0 Å². The van der Waals surface area contributed by atoms with E-state index in [0.717, 1.165) is 0 Å². The van der Waals surface area contributed by atoms with Crippen LogP contribution in [0.4, 0.5) is 4.39 Å². The Morgan fingerprint density at radius 1 is 1.17 bits per heavy atom. The van der Waals surface area contributed by atoms with Crippen LogP contribution in [0.15, 0.2) is 41.5 Å². The highest BCUT2D eigenvalue weighted by Crippen LogP contribution is 2.34. The number of benzene rings is 1. The maximum absolute atomic E-state index is 12.9. The minimum absolute atomic E-state index is 0.0275. The van der Waals surface area contributed by atoms with Gasteiger partial charge in [0.2, 0.25) is 0 Å². The number of rotatable bonds is 1. The van der Waals surface area contributed by atoms with Crippen molar-refractivity contribution in [3.05, 3.63) is 52.9 Å². The van der Waals surface area contributed by atoms with Crippen LogP contribution in [0.3, 0.4) is 0 Å². The smallest absolute Gasteiger partial charge is 0.145 e. The van der Waals surface area contributed by atoms with Crippen molar-refractivity contribution in [2.45, 2.75) is 19.9 Å². The summed E-state index contributed by atoms with van der Waals surface area (Å²) in [5.41, 5.74) is 1.66. The van der Waals surface area contributed by atoms with E-state index in [0.29, 0.717) is 16.8 Å². The first-order valence-electron chi connectivity index (χ1n) is 5.75. The number of hydrogen-bond donors (Lipinski definition) is 2. The second kappa shape index (κ2) is 4.37. The second-order valence-corrected chi connectivity index (χ2v) is 4.49. The molecule has 3 nitrogen and oxygen atoms in total. The first-order chi connectivity index (χ1) is 8.43. The zero-order chi connectivity index (χ0) is 13.4. The lowest BCUT2D eigenvalue weighted by Gasteiger charge is -2.33. The van der Waals surface area contributed by atoms with Gasteiger partial charge in [0.25, 0.3) is 0 Å². The lowest BCUT2D eigenvalue weighted by Crippen LogP contribution is -2.34. The van der Waals surface area contributed by atoms with Crippen molar-refractivity contribution in [2.24, 2.45) is 0 Å². The van der Waals surface area contributed by atoms with Gasteiger partial charge in [0.05, 0.1) is 17.3 Å². The van der Waals surface area contributed by atoms with Crippen molar-refractivity contribution >= 4 is 5.57 Å². The highest BCUT2D eigenvalue weighted by atomic mass is 19.1. The van der Waals surface area contributed by atoms with Crippen LogP contribution >= 0.6 is 0 Å². The van der Waals surface area contributed by atoms with Crippen molar-refractivity contribution in [1.82, 2.24) is 4.90 Å². The molecular formula is C14H16FNO2. The summed E-state index contributed by atoms with van der Waals surface area (Å²) in [6.07, 6.45) is 0. The number of hydrogen-bond acceptors (Lipinski definition) is 3. The number of nitrogens with zero attached hydrogens (tertiary/aromatic N) is 1. The lowest BCUT2D eigenvalue weighted by molar-refractivity contribution is 0.239. The molecule has 0 spiro atoms. The van der Waals surface area contributed by atoms with E-state index >= 15 is 0 Å². The van der Waals surface area contributed by atoms with Gasteiger partial charge in [-0.15, -0.1) is 0 Å². The van der Waals surface area contributed by atoms with E-state index in [1.54, 1.807) is 31.0 Å². The van der Waals surface area contributed by atoms with Crippen molar-refractivity contribution in [2.75, 3.05) is 7.05 Å². The van der Waals surface area contributed by atoms with Gasteiger partial charge in [-0.2, -0.15) is 0 Å². The topological polar surface area (TPSA) is 43.7 Å². The van der Waals surface area contributed by atoms with Gasteiger partial charge in [-0.3, -0.25) is 0 Å². The molecule has 0 radical (unpaired) electrons. The molecule has 0 aliphatic carbocycles. The van der Waals surface area contributed by atoms with E-state index in [1.807, 2.05) is 6.92 Å². The Labute approximate surface area is 105 Å². The fraction of sp³-hybridized carbons (Fsp3) is 0.286. The Hall–Kier alpha value is -1.97. The molecule has 0 aromatic heterocycles. The molecule has 0 saturated carbocycles. The average molecular weight is 249 g/mol. The second-order valence-electron chi connectivity index (χ2n) is 4.49. The van der Waals surface area contributed by atoms with Crippen LogP contribution in [0.1, 0.15) is 19.4 Å². The third-order valence-corrected chi connectivity index (χ3v) is 3.47. The maximum Gasteiger partial charge on any atom is 0.145 e. The van der Waals surface area contributed by atoms with Gasteiger partial charge in [0.15, 0.2) is 0 Å². The molecule has 0 saturated heterocycles. The number of aliphatic hydroxyl groups excluding tert-OH is 2. The predicted molar refractivity (Wildman–Crippen MR) is 68.5 cm³/mol. The van der Waals surface area contributed by atoms with Gasteiger partial charge in [0.1, 0.15) is 17.3 Å². The summed E-state index contributed by atoms with van der Waals surface area (Å²) in [7, 11) is 1.80. The Kier molecular flexibility index (Phi) is 3.03. The summed E-state index contributed by atoms with van der Waals surface area (Å²) in [6.45, 7) is 3.62. The standard InChI is InChI=1S/C14H16FNO2/c1-8-13(17)12(14(18)9(2)16(8)3)10-4-6-11(15)7-5-10/h4-8,17-18H,1-3H3. The Balaban J connectivity index is 2.58. The molecule has 1 atom stereocenters. The zero-order valence-corrected chi connectivity index (χ0v) is 10.6. The van der Waals surface area contributed by atoms with Crippen LogP contribution in [-0.4, -0.2) is 28.2 Å². The lowest BCUT2D eigenvalue weighted by atomic mass is 9.95. The fourth-order valence-electron chi connectivity index (χ4n) is 2.05. The van der Waals surface area contributed by atoms with E-state index in [1.165, 1.54) is 12.1 Å². The van der Waals surface area contributed by atoms with Crippen molar-refractivity contribution in [3.63, 3.8) is 0 Å². The molecule has 1 aliphatic heterocycles. The minimum atomic E-state index is -0.347. The summed E-state index contributed by atoms with van der Waals surface area (Å²) < 4.78 is 12.9. The molecule has 2 N–H and O–H groups in total. The highest BCUT2D eigenvalue weighted by Gasteiger charge is 2.29. The van der Waals surface area contributed by atoms with E-state index in [2.05, 4.69) is 0 Å². The molecule has 18 heavy (non-hydrogen) atoms. The van der Waals surface area contributed by atoms with Crippen molar-refractivity contribution in [1.29, 1.82) is 0 Å². The van der Waals surface area contributed by atoms with Crippen molar-refractivity contribution in [3.8, 4) is 0 Å². The first-order valence-corrected chi connectivity index (χ1v) is 5.75. The van der Waals surface area contributed by atoms with Gasteiger partial charge in [0, 0.05) is 7.05 Å². The largest absolute Gasteiger partial charge is 0.509 e. The first kappa shape index (κ1) is 12.5. The maximum atomic E-state index is 12.9. The molecule has 0 bridgehead atoms. The Morgan fingerprint density at radius 3 is 2.28 bits per heavy atom. The SMILES string of the molecule is CC1=C(O)C(c2ccc(F)cc2)=C(O)C(C)N1C. The van der Waals surface area contributed by atoms with E-state index in [4.69, 9.17) is 0 Å². The van der Waals surface area contributed by atoms with Crippen LogP contribution in [-0.2, 0) is 0 Å². The Morgan fingerprint density at radius 2 is 1.72 bits per heavy atom. The van der Waals surface area contributed by atoms with Gasteiger partial charge in [-0.25, -0.2) is 4.39 Å². The molecule has 96 valence electrons. The quantitative estimate of drug-likeness (QED) is 0.803. The zero-order valence-electron chi connectivity index (χ0n) is 10.6. The summed E-state index contributed by atoms with van der Waals surface area (Å²) in [4.78, 5) is 1.79. The summed E-state index contributed by atoms with van der Waals surface area (Å²) in [5, 5.41) is 20.3. The van der Waals surface area contributed by atoms with Gasteiger partial charge >= 0.3 is 0 Å². The molecule has 1 aromatic rings. The average Bonchev–Trinajstić information content (AvgIpc) is 2.36. The van der Waals surface area contributed by atoms with Crippen LogP contribution in [0.5, 0.6) is 0 Å². The molecular weight excluding hydrogens is 233 g/mol. The molecule has 0 amide bonds. The van der Waals surface area contributed by atoms with Gasteiger partial charge in [-0.1, -0.05) is 12.1 Å². The van der Waals surface area contributed by atoms with Gasteiger partial charge < -0.3 is 15.1 Å². The van der Waals surface area contributed by atoms with Crippen LogP contribution < -0.4 is 0 Å². The number of allylic oxidation sites excluding steroid dienone is 2. The normalized spacial score (nSPS) is 20.7. The Bertz CT molecular complexity index is 531. The van der Waals surface area contributed by atoms with Gasteiger partial charge in [-0.05, 0) is 31.5 Å². The number of aliphatic hydroxyl groups is 2. The molecule has 1 aliphatic rings. The van der Waals surface area contributed by atoms with E-state index in [-0.39, 0.29) is 23.4 Å². The number of likely N-dealkylation sites (N-methyl/N-ethyl adjacent to an activating group) is 1. The van der Waals surface area contributed by atoms with Crippen LogP contribution in [0.25, 0.3) is 5.57 Å². The summed E-state index contributed by atoms with van der Waals surface area (Å²) in [6, 6.07) is 5.48. The molecule has 4 heteroatoms. The van der Waals surface area contributed by atoms with Crippen LogP contribution in [0, 0.1) is 5.82 Å². The highest BCUT2D eigenvalue weighted by molar-refractivity contribution is 5.80. The number of halogens is 1. The van der Waals surface area contributed by atoms with Crippen molar-refractivity contribution < 1.29 is 14.6 Å². The predicted octanol–water partition coefficient (Wildman–Crippen LogP) is 3.22. The molecule has 0 fully saturated rings. The molecule has 2 rings (SSSR count). The third-order valence-electron chi connectivity index (χ3n) is 3.47. The minimum Gasteiger partial charge on any atom is -0.509 e. The van der Waals surface area contributed by atoms with E-state index < -0.39 is 0 Å². The monoisotopic (exact) mass is 249 g/mol. The summed E-state index contributed by atoms with van der Waals surface area (Å²) in [5.74, 6) is -0.230. The fourth-order valence-corrected chi connectivity index (χ4v) is 2.05. The molecule has 1 aromatic carbocycles. The van der Waals surface area contributed by atoms with E-state index in [9.17, 15) is 14.6 Å².